The molecule has 4 aromatic rings. The summed E-state index contributed by atoms with van der Waals surface area (Å²) in [5.74, 6) is -0.937. The van der Waals surface area contributed by atoms with Crippen LogP contribution in [0.3, 0.4) is 0 Å². The van der Waals surface area contributed by atoms with Crippen molar-refractivity contribution in [3.05, 3.63) is 104 Å². The topological polar surface area (TPSA) is 83.4 Å². The van der Waals surface area contributed by atoms with Gasteiger partial charge in [0, 0.05) is 10.8 Å². The maximum Gasteiger partial charge on any atom is 0.296 e. The molecule has 0 radical (unpaired) electrons. The molecular weight excluding hydrogens is 522 g/mol. The highest BCUT2D eigenvalue weighted by molar-refractivity contribution is 8.00. The Morgan fingerprint density at radius 3 is 2.54 bits per heavy atom. The summed E-state index contributed by atoms with van der Waals surface area (Å²) in [5.41, 5.74) is 2.88. The van der Waals surface area contributed by atoms with Gasteiger partial charge in [-0.05, 0) is 41.6 Å². The minimum Gasteiger partial charge on any atom is -0.503 e. The van der Waals surface area contributed by atoms with Crippen LogP contribution in [0.2, 0.25) is 5.02 Å². The van der Waals surface area contributed by atoms with Gasteiger partial charge in [0.25, 0.3) is 5.91 Å². The van der Waals surface area contributed by atoms with Crippen LogP contribution in [-0.2, 0) is 10.5 Å². The number of ketones is 1. The first kappa shape index (κ1) is 23.7. The average molecular weight is 540 g/mol. The second kappa shape index (κ2) is 9.94. The predicted molar refractivity (Wildman–Crippen MR) is 141 cm³/mol. The SMILES string of the molecule is Cc1ccc(C2C(C(=O)c3cccs3)=C(O)C(=O)N2c2nnc(SCc3ccc(Cl)cc3)s2)cc1. The molecule has 2 aromatic carbocycles. The minimum atomic E-state index is -0.806. The molecule has 1 atom stereocenters. The Bertz CT molecular complexity index is 1410. The molecule has 3 heterocycles. The predicted octanol–water partition coefficient (Wildman–Crippen LogP) is 6.64. The normalized spacial score (nSPS) is 15.8. The summed E-state index contributed by atoms with van der Waals surface area (Å²) in [5, 5.41) is 22.1. The van der Waals surface area contributed by atoms with Gasteiger partial charge in [-0.15, -0.1) is 21.5 Å². The number of carbonyl (C=O) groups is 2. The Labute approximate surface area is 218 Å². The second-order valence-electron chi connectivity index (χ2n) is 7.82. The van der Waals surface area contributed by atoms with E-state index in [-0.39, 0.29) is 11.4 Å². The molecule has 2 aromatic heterocycles. The summed E-state index contributed by atoms with van der Waals surface area (Å²) >= 11 is 9.96. The number of Topliss-reactive ketones (excluding diaryl/α,β-unsaturated/α-hetero) is 1. The van der Waals surface area contributed by atoms with Gasteiger partial charge < -0.3 is 5.11 Å². The Kier molecular flexibility index (Phi) is 6.75. The number of hydrogen-bond donors (Lipinski definition) is 1. The molecule has 5 rings (SSSR count). The van der Waals surface area contributed by atoms with Crippen LogP contribution in [0.15, 0.2) is 81.7 Å². The number of amides is 1. The van der Waals surface area contributed by atoms with E-state index >= 15 is 0 Å². The molecule has 0 fully saturated rings. The van der Waals surface area contributed by atoms with E-state index in [1.165, 1.54) is 39.3 Å². The first-order valence-corrected chi connectivity index (χ1v) is 13.6. The molecule has 1 aliphatic rings. The first-order valence-electron chi connectivity index (χ1n) is 10.5. The third-order valence-electron chi connectivity index (χ3n) is 5.47. The fourth-order valence-electron chi connectivity index (χ4n) is 3.72. The summed E-state index contributed by atoms with van der Waals surface area (Å²) in [6, 6.07) is 17.7. The van der Waals surface area contributed by atoms with Crippen LogP contribution in [0, 0.1) is 6.92 Å². The number of aromatic nitrogens is 2. The van der Waals surface area contributed by atoms with E-state index in [4.69, 9.17) is 11.6 Å². The van der Waals surface area contributed by atoms with Crippen LogP contribution < -0.4 is 4.90 Å². The molecule has 176 valence electrons. The largest absolute Gasteiger partial charge is 0.503 e. The van der Waals surface area contributed by atoms with Gasteiger partial charge in [-0.3, -0.25) is 14.5 Å². The quantitative estimate of drug-likeness (QED) is 0.161. The lowest BCUT2D eigenvalue weighted by molar-refractivity contribution is -0.117. The summed E-state index contributed by atoms with van der Waals surface area (Å²) in [6.07, 6.45) is 0. The standard InChI is InChI=1S/C25H18ClN3O3S3/c1-14-4-8-16(9-5-14)20-19(21(30)18-3-2-12-33-18)22(31)23(32)29(20)24-27-28-25(35-24)34-13-15-6-10-17(26)11-7-15/h2-12,20,31H,13H2,1H3. The summed E-state index contributed by atoms with van der Waals surface area (Å²) in [4.78, 5) is 28.4. The zero-order valence-electron chi connectivity index (χ0n) is 18.3. The van der Waals surface area contributed by atoms with Gasteiger partial charge in [-0.2, -0.15) is 0 Å². The highest BCUT2D eigenvalue weighted by Gasteiger charge is 2.46. The van der Waals surface area contributed by atoms with Crippen LogP contribution in [0.25, 0.3) is 0 Å². The second-order valence-corrected chi connectivity index (χ2v) is 11.4. The summed E-state index contributed by atoms with van der Waals surface area (Å²) < 4.78 is 0.669. The third-order valence-corrected chi connectivity index (χ3v) is 8.72. The van der Waals surface area contributed by atoms with Crippen LogP contribution in [0.5, 0.6) is 0 Å². The van der Waals surface area contributed by atoms with E-state index < -0.39 is 17.7 Å². The molecular formula is C25H18ClN3O3S3. The number of thioether (sulfide) groups is 1. The molecule has 10 heteroatoms. The fraction of sp³-hybridized carbons (Fsp3) is 0.120. The Morgan fingerprint density at radius 2 is 1.86 bits per heavy atom. The number of anilines is 1. The van der Waals surface area contributed by atoms with Crippen molar-refractivity contribution < 1.29 is 14.7 Å². The van der Waals surface area contributed by atoms with Crippen molar-refractivity contribution in [1.82, 2.24) is 10.2 Å². The van der Waals surface area contributed by atoms with Crippen LogP contribution in [-0.4, -0.2) is 27.0 Å². The molecule has 35 heavy (non-hydrogen) atoms. The highest BCUT2D eigenvalue weighted by Crippen LogP contribution is 2.44. The minimum absolute atomic E-state index is 0.0480. The van der Waals surface area contributed by atoms with Crippen molar-refractivity contribution >= 4 is 62.9 Å². The number of thiophene rings is 1. The Hall–Kier alpha value is -2.98. The first-order chi connectivity index (χ1) is 16.9. The van der Waals surface area contributed by atoms with E-state index in [2.05, 4.69) is 10.2 Å². The van der Waals surface area contributed by atoms with Crippen molar-refractivity contribution in [3.8, 4) is 0 Å². The number of carbonyl (C=O) groups excluding carboxylic acids is 2. The van der Waals surface area contributed by atoms with E-state index in [9.17, 15) is 14.7 Å². The molecule has 0 aliphatic carbocycles. The Morgan fingerprint density at radius 1 is 1.11 bits per heavy atom. The highest BCUT2D eigenvalue weighted by atomic mass is 35.5. The molecule has 0 saturated carbocycles. The number of benzene rings is 2. The number of aryl methyl sites for hydroxylation is 1. The fourth-order valence-corrected chi connectivity index (χ4v) is 6.35. The number of halogens is 1. The van der Waals surface area contributed by atoms with Crippen molar-refractivity contribution in [1.29, 1.82) is 0 Å². The number of hydrogen-bond acceptors (Lipinski definition) is 8. The van der Waals surface area contributed by atoms with Gasteiger partial charge in [0.2, 0.25) is 10.9 Å². The summed E-state index contributed by atoms with van der Waals surface area (Å²) in [7, 11) is 0. The molecule has 0 spiro atoms. The molecule has 6 nitrogen and oxygen atoms in total. The Balaban J connectivity index is 1.48. The molecule has 1 N–H and O–H groups in total. The number of aliphatic hydroxyl groups excluding tert-OH is 1. The molecule has 0 saturated heterocycles. The van der Waals surface area contributed by atoms with Crippen molar-refractivity contribution in [2.75, 3.05) is 4.90 Å². The van der Waals surface area contributed by atoms with Crippen LogP contribution >= 0.6 is 46.0 Å². The van der Waals surface area contributed by atoms with Crippen molar-refractivity contribution in [2.24, 2.45) is 0 Å². The lowest BCUT2D eigenvalue weighted by Crippen LogP contribution is -2.31. The van der Waals surface area contributed by atoms with E-state index in [0.717, 1.165) is 11.1 Å². The van der Waals surface area contributed by atoms with Crippen LogP contribution in [0.4, 0.5) is 5.13 Å². The van der Waals surface area contributed by atoms with Gasteiger partial charge in [0.1, 0.15) is 0 Å². The van der Waals surface area contributed by atoms with E-state index in [1.807, 2.05) is 55.5 Å². The maximum absolute atomic E-state index is 13.3. The molecule has 1 unspecified atom stereocenters. The van der Waals surface area contributed by atoms with Gasteiger partial charge in [-0.25, -0.2) is 0 Å². The zero-order chi connectivity index (χ0) is 24.5. The smallest absolute Gasteiger partial charge is 0.296 e. The van der Waals surface area contributed by atoms with Crippen LogP contribution in [0.1, 0.15) is 32.4 Å². The number of rotatable bonds is 7. The third kappa shape index (κ3) is 4.77. The lowest BCUT2D eigenvalue weighted by atomic mass is 9.95. The van der Waals surface area contributed by atoms with Crippen molar-refractivity contribution in [2.45, 2.75) is 23.1 Å². The van der Waals surface area contributed by atoms with Crippen molar-refractivity contribution in [3.63, 3.8) is 0 Å². The average Bonchev–Trinajstić information content (AvgIpc) is 3.60. The van der Waals surface area contributed by atoms with Gasteiger partial charge in [-0.1, -0.05) is 82.7 Å². The molecule has 1 aliphatic heterocycles. The van der Waals surface area contributed by atoms with E-state index in [1.54, 1.807) is 17.5 Å². The maximum atomic E-state index is 13.3. The van der Waals surface area contributed by atoms with E-state index in [0.29, 0.717) is 30.7 Å². The monoisotopic (exact) mass is 539 g/mol. The summed E-state index contributed by atoms with van der Waals surface area (Å²) in [6.45, 7) is 1.96. The number of aliphatic hydroxyl groups is 1. The van der Waals surface area contributed by atoms with Gasteiger partial charge >= 0.3 is 0 Å². The number of nitrogens with zero attached hydrogens (tertiary/aromatic N) is 3. The lowest BCUT2D eigenvalue weighted by Gasteiger charge is -2.24. The van der Waals surface area contributed by atoms with Gasteiger partial charge in [0.15, 0.2) is 10.1 Å². The zero-order valence-corrected chi connectivity index (χ0v) is 21.5. The van der Waals surface area contributed by atoms with Gasteiger partial charge in [0.05, 0.1) is 16.5 Å². The molecule has 1 amide bonds. The molecule has 0 bridgehead atoms.